The number of aryl methyl sites for hydroxylation is 1. The number of ether oxygens (including phenoxy) is 2. The topological polar surface area (TPSA) is 72.8 Å². The van der Waals surface area contributed by atoms with Crippen LogP contribution >= 0.6 is 0 Å². The third-order valence-electron chi connectivity index (χ3n) is 11.0. The Morgan fingerprint density at radius 1 is 0.574 bits per heavy atom. The van der Waals surface area contributed by atoms with Crippen molar-refractivity contribution in [1.29, 1.82) is 0 Å². The smallest absolute Gasteiger partial charge is 0.306 e. The summed E-state index contributed by atoms with van der Waals surface area (Å²) in [6.07, 6.45) is 31.8. The minimum Gasteiger partial charge on any atom is -0.462 e. The van der Waals surface area contributed by atoms with Gasteiger partial charge >= 0.3 is 11.9 Å². The van der Waals surface area contributed by atoms with Crippen LogP contribution in [-0.2, 0) is 25.5 Å². The van der Waals surface area contributed by atoms with Gasteiger partial charge in [0, 0.05) is 12.8 Å². The van der Waals surface area contributed by atoms with Crippen LogP contribution in [-0.4, -0.2) is 36.4 Å². The highest BCUT2D eigenvalue weighted by Gasteiger charge is 2.16. The molecule has 296 valence electrons. The van der Waals surface area contributed by atoms with Crippen LogP contribution in [0.4, 0.5) is 0 Å². The van der Waals surface area contributed by atoms with Crippen LogP contribution in [0.3, 0.4) is 0 Å². The van der Waals surface area contributed by atoms with Gasteiger partial charge in [0.15, 0.2) is 6.10 Å². The van der Waals surface area contributed by atoms with E-state index >= 15 is 0 Å². The first-order valence-electron chi connectivity index (χ1n) is 21.9. The second-order valence-corrected chi connectivity index (χ2v) is 15.6. The molecule has 0 fully saturated rings. The number of carbonyl (C=O) groups is 2. The van der Waals surface area contributed by atoms with E-state index in [4.69, 9.17) is 9.47 Å². The molecule has 54 heavy (non-hydrogen) atoms. The van der Waals surface area contributed by atoms with Crippen molar-refractivity contribution in [3.63, 3.8) is 0 Å². The maximum absolute atomic E-state index is 12.2. The van der Waals surface area contributed by atoms with Crippen molar-refractivity contribution in [1.82, 2.24) is 0 Å². The van der Waals surface area contributed by atoms with Crippen LogP contribution in [0.5, 0.6) is 0 Å². The van der Waals surface area contributed by atoms with Crippen molar-refractivity contribution in [3.05, 3.63) is 72.3 Å². The minimum absolute atomic E-state index is 0.0792. The summed E-state index contributed by atoms with van der Waals surface area (Å²) in [4.78, 5) is 24.5. The molecular weight excluding hydrogens is 669 g/mol. The largest absolute Gasteiger partial charge is 0.462 e. The molecule has 5 heteroatoms. The lowest BCUT2D eigenvalue weighted by Gasteiger charge is -2.15. The molecule has 0 saturated heterocycles. The molecule has 1 N–H and O–H groups in total. The summed E-state index contributed by atoms with van der Waals surface area (Å²) in [5.74, 6) is -0.613. The van der Waals surface area contributed by atoms with E-state index in [1.54, 1.807) is 0 Å². The second-order valence-electron chi connectivity index (χ2n) is 15.6. The summed E-state index contributed by atoms with van der Waals surface area (Å²) in [6.45, 7) is 1.84. The van der Waals surface area contributed by atoms with Gasteiger partial charge in [0.25, 0.3) is 0 Å². The maximum atomic E-state index is 12.2. The van der Waals surface area contributed by atoms with Crippen LogP contribution in [0.15, 0.2) is 66.7 Å². The van der Waals surface area contributed by atoms with Gasteiger partial charge in [-0.2, -0.15) is 0 Å². The summed E-state index contributed by atoms with van der Waals surface area (Å²) in [5.41, 5.74) is 1.47. The Morgan fingerprint density at radius 3 is 1.69 bits per heavy atom. The second kappa shape index (κ2) is 26.4. The van der Waals surface area contributed by atoms with E-state index in [9.17, 15) is 14.7 Å². The summed E-state index contributed by atoms with van der Waals surface area (Å²) in [5, 5.41) is 17.8. The Hall–Kier alpha value is -3.44. The Labute approximate surface area is 326 Å². The number of carbonyl (C=O) groups excluding carboxylic acids is 2. The van der Waals surface area contributed by atoms with E-state index in [2.05, 4.69) is 73.7 Å². The molecule has 0 amide bonds. The molecule has 0 bridgehead atoms. The van der Waals surface area contributed by atoms with Gasteiger partial charge < -0.3 is 14.6 Å². The molecular formula is C49H70O5. The first kappa shape index (κ1) is 43.3. The number of hydrogen-bond donors (Lipinski definition) is 1. The number of hydrogen-bond acceptors (Lipinski definition) is 5. The summed E-state index contributed by atoms with van der Waals surface area (Å²) < 4.78 is 10.7. The number of aliphatic hydroxyl groups is 1. The van der Waals surface area contributed by atoms with Crippen LogP contribution in [0, 0.1) is 0 Å². The normalized spacial score (nSPS) is 12.4. The van der Waals surface area contributed by atoms with Crippen LogP contribution in [0.1, 0.15) is 167 Å². The van der Waals surface area contributed by atoms with E-state index in [0.717, 1.165) is 51.4 Å². The van der Waals surface area contributed by atoms with Gasteiger partial charge in [0.05, 0.1) is 6.61 Å². The molecule has 0 aromatic heterocycles. The lowest BCUT2D eigenvalue weighted by molar-refractivity contribution is -0.161. The summed E-state index contributed by atoms with van der Waals surface area (Å²) >= 11 is 0. The Balaban J connectivity index is 0.927. The number of allylic oxidation sites excluding steroid dienone is 2. The van der Waals surface area contributed by atoms with Crippen molar-refractivity contribution in [2.75, 3.05) is 13.2 Å². The average Bonchev–Trinajstić information content (AvgIpc) is 3.19. The molecule has 5 nitrogen and oxygen atoms in total. The Kier molecular flexibility index (Phi) is 21.1. The van der Waals surface area contributed by atoms with Crippen LogP contribution < -0.4 is 0 Å². The van der Waals surface area contributed by atoms with E-state index in [0.29, 0.717) is 12.8 Å². The van der Waals surface area contributed by atoms with Gasteiger partial charge in [-0.1, -0.05) is 170 Å². The average molecular weight is 739 g/mol. The highest BCUT2D eigenvalue weighted by molar-refractivity contribution is 6.23. The maximum Gasteiger partial charge on any atom is 0.306 e. The molecule has 4 rings (SSSR count). The SMILES string of the molecule is CCCCCCCC/C=C\CCCCCCCC(=O)O[C@H](CO)COC(=O)CCCCCCCCCCCc1ccc2ccc3cccc4ccc1c2c34. The molecule has 1 atom stereocenters. The molecule has 4 aromatic rings. The molecule has 0 heterocycles. The number of esters is 2. The summed E-state index contributed by atoms with van der Waals surface area (Å²) in [7, 11) is 0. The van der Waals surface area contributed by atoms with E-state index < -0.39 is 6.10 Å². The fraction of sp³-hybridized carbons (Fsp3) is 0.592. The molecule has 0 radical (unpaired) electrons. The Morgan fingerprint density at radius 2 is 1.07 bits per heavy atom. The van der Waals surface area contributed by atoms with Crippen molar-refractivity contribution in [2.45, 2.75) is 174 Å². The number of aliphatic hydroxyl groups excluding tert-OH is 1. The lowest BCUT2D eigenvalue weighted by Crippen LogP contribution is -2.28. The summed E-state index contributed by atoms with van der Waals surface area (Å²) in [6, 6.07) is 20.3. The molecule has 0 spiro atoms. The third kappa shape index (κ3) is 15.7. The Bertz CT molecular complexity index is 1620. The van der Waals surface area contributed by atoms with Crippen LogP contribution in [0.2, 0.25) is 0 Å². The van der Waals surface area contributed by atoms with E-state index in [-0.39, 0.29) is 25.2 Å². The molecule has 0 aliphatic rings. The van der Waals surface area contributed by atoms with E-state index in [1.165, 1.54) is 134 Å². The lowest BCUT2D eigenvalue weighted by atomic mass is 9.90. The molecule has 0 aliphatic heterocycles. The molecule has 4 aromatic carbocycles. The minimum atomic E-state index is -0.787. The monoisotopic (exact) mass is 739 g/mol. The first-order valence-corrected chi connectivity index (χ1v) is 21.9. The quantitative estimate of drug-likeness (QED) is 0.0241. The van der Waals surface area contributed by atoms with Crippen molar-refractivity contribution >= 4 is 44.3 Å². The molecule has 0 saturated carbocycles. The highest BCUT2D eigenvalue weighted by atomic mass is 16.6. The number of rotatable bonds is 31. The zero-order chi connectivity index (χ0) is 38.1. The molecule has 0 unspecified atom stereocenters. The number of benzene rings is 4. The van der Waals surface area contributed by atoms with Gasteiger partial charge in [-0.15, -0.1) is 0 Å². The standard InChI is InChI=1S/C49H70O5/c1-2-3-4-5-6-7-8-9-10-11-12-15-19-22-25-31-47(52)54-44(38-50)39-53-46(51)30-24-21-18-16-13-14-17-20-23-27-40-32-33-43-35-34-41-28-26-29-42-36-37-45(40)49(43)48(41)42/h9-10,26,28-29,32-37,44,50H,2-8,11-25,27,30-31,38-39H2,1H3/b10-9-/t44-/m1/s1. The predicted molar refractivity (Wildman–Crippen MR) is 227 cm³/mol. The molecule has 0 aliphatic carbocycles. The first-order chi connectivity index (χ1) is 26.6. The fourth-order valence-corrected chi connectivity index (χ4v) is 7.80. The van der Waals surface area contributed by atoms with Gasteiger partial charge in [-0.05, 0) is 89.2 Å². The van der Waals surface area contributed by atoms with Gasteiger partial charge in [-0.25, -0.2) is 0 Å². The predicted octanol–water partition coefficient (Wildman–Crippen LogP) is 13.5. The van der Waals surface area contributed by atoms with Crippen molar-refractivity contribution < 1.29 is 24.2 Å². The zero-order valence-corrected chi connectivity index (χ0v) is 33.6. The van der Waals surface area contributed by atoms with Crippen molar-refractivity contribution in [3.8, 4) is 0 Å². The van der Waals surface area contributed by atoms with E-state index in [1.807, 2.05) is 0 Å². The highest BCUT2D eigenvalue weighted by Crippen LogP contribution is 2.36. The van der Waals surface area contributed by atoms with Crippen molar-refractivity contribution in [2.24, 2.45) is 0 Å². The van der Waals surface area contributed by atoms with Gasteiger partial charge in [0.1, 0.15) is 6.61 Å². The fourth-order valence-electron chi connectivity index (χ4n) is 7.80. The van der Waals surface area contributed by atoms with Crippen LogP contribution in [0.25, 0.3) is 32.3 Å². The third-order valence-corrected chi connectivity index (χ3v) is 11.0. The number of unbranched alkanes of at least 4 members (excludes halogenated alkanes) is 19. The van der Waals surface area contributed by atoms with Gasteiger partial charge in [0.2, 0.25) is 0 Å². The van der Waals surface area contributed by atoms with Gasteiger partial charge in [-0.3, -0.25) is 9.59 Å². The zero-order valence-electron chi connectivity index (χ0n) is 33.6.